The summed E-state index contributed by atoms with van der Waals surface area (Å²) in [4.78, 5) is 13.0. The zero-order chi connectivity index (χ0) is 29.7. The van der Waals surface area contributed by atoms with Crippen LogP contribution in [0.3, 0.4) is 0 Å². The Balaban J connectivity index is 1.45. The zero-order valence-corrected chi connectivity index (χ0v) is 21.0. The SMILES string of the molecule is O=c1cc(-c2ccc(O)c(O)c2)oc2cc(O)c(C3OC(COC4OCC(O)C(O)C4O)C(O)C(O)C3O)c(O)c12. The van der Waals surface area contributed by atoms with Gasteiger partial charge < -0.3 is 69.7 Å². The molecule has 2 aliphatic rings. The van der Waals surface area contributed by atoms with E-state index in [2.05, 4.69) is 0 Å². The molecule has 0 aliphatic carbocycles. The first-order valence-corrected chi connectivity index (χ1v) is 12.4. The minimum Gasteiger partial charge on any atom is -0.507 e. The monoisotopic (exact) mass is 580 g/mol. The van der Waals surface area contributed by atoms with E-state index in [4.69, 9.17) is 18.6 Å². The van der Waals surface area contributed by atoms with Crippen molar-refractivity contribution in [3.8, 4) is 34.3 Å². The summed E-state index contributed by atoms with van der Waals surface area (Å²) in [6.45, 7) is -0.940. The van der Waals surface area contributed by atoms with Crippen molar-refractivity contribution in [2.75, 3.05) is 13.2 Å². The lowest BCUT2D eigenvalue weighted by Crippen LogP contribution is -2.57. The van der Waals surface area contributed by atoms with Gasteiger partial charge in [0.15, 0.2) is 23.2 Å². The van der Waals surface area contributed by atoms with E-state index in [0.29, 0.717) is 0 Å². The van der Waals surface area contributed by atoms with Crippen LogP contribution >= 0.6 is 0 Å². The van der Waals surface area contributed by atoms with E-state index in [1.807, 2.05) is 0 Å². The van der Waals surface area contributed by atoms with Crippen LogP contribution in [0, 0.1) is 0 Å². The highest BCUT2D eigenvalue weighted by atomic mass is 16.7. The number of fused-ring (bicyclic) bond motifs is 1. The number of hydrogen-bond acceptors (Lipinski definition) is 15. The standard InChI is InChI=1S/C26H28O15/c27-9-2-1-8(3-10(9)28)14-4-11(29)17-15(40-14)5-12(30)18(21(17)34)25-23(36)22(35)20(33)16(41-25)7-39-26-24(37)19(32)13(31)6-38-26/h1-5,13,16,19-20,22-28,30-37H,6-7H2. The van der Waals surface area contributed by atoms with E-state index >= 15 is 0 Å². The topological polar surface area (TPSA) is 260 Å². The summed E-state index contributed by atoms with van der Waals surface area (Å²) in [5, 5.41) is 102. The molecule has 0 saturated carbocycles. The molecule has 5 rings (SSSR count). The maximum Gasteiger partial charge on any atom is 0.197 e. The Bertz CT molecular complexity index is 1490. The fraction of sp³-hybridized carbons (Fsp3) is 0.423. The first-order valence-electron chi connectivity index (χ1n) is 12.4. The van der Waals surface area contributed by atoms with Crippen LogP contribution in [0.25, 0.3) is 22.3 Å². The normalized spacial score (nSPS) is 32.3. The quantitative estimate of drug-likeness (QED) is 0.150. The second-order valence-electron chi connectivity index (χ2n) is 9.86. The Hall–Kier alpha value is -3.51. The summed E-state index contributed by atoms with van der Waals surface area (Å²) < 4.78 is 21.8. The predicted octanol–water partition coefficient (Wildman–Crippen LogP) is -1.74. The van der Waals surface area contributed by atoms with Gasteiger partial charge in [-0.1, -0.05) is 0 Å². The molecule has 15 heteroatoms. The Kier molecular flexibility index (Phi) is 7.82. The summed E-state index contributed by atoms with van der Waals surface area (Å²) in [6, 6.07) is 5.61. The second kappa shape index (κ2) is 11.1. The fourth-order valence-corrected chi connectivity index (χ4v) is 4.85. The summed E-state index contributed by atoms with van der Waals surface area (Å²) in [6.07, 6.45) is -14.7. The number of aliphatic hydroxyl groups is 6. The molecule has 2 aliphatic heterocycles. The van der Waals surface area contributed by atoms with Crippen molar-refractivity contribution < 1.29 is 69.7 Å². The number of ether oxygens (including phenoxy) is 3. The third kappa shape index (κ3) is 5.19. The van der Waals surface area contributed by atoms with Crippen molar-refractivity contribution >= 4 is 11.0 Å². The second-order valence-corrected chi connectivity index (χ2v) is 9.86. The number of phenols is 4. The fourth-order valence-electron chi connectivity index (χ4n) is 4.85. The minimum absolute atomic E-state index is 0.0705. The van der Waals surface area contributed by atoms with Gasteiger partial charge in [-0.2, -0.15) is 0 Å². The number of rotatable bonds is 5. The molecular weight excluding hydrogens is 552 g/mol. The Morgan fingerprint density at radius 1 is 0.805 bits per heavy atom. The third-order valence-corrected chi connectivity index (χ3v) is 7.15. The van der Waals surface area contributed by atoms with Crippen LogP contribution in [0.2, 0.25) is 0 Å². The van der Waals surface area contributed by atoms with Crippen molar-refractivity contribution in [2.45, 2.75) is 55.1 Å². The summed E-state index contributed by atoms with van der Waals surface area (Å²) in [7, 11) is 0. The summed E-state index contributed by atoms with van der Waals surface area (Å²) >= 11 is 0. The molecular formula is C26H28O15. The van der Waals surface area contributed by atoms with E-state index in [1.165, 1.54) is 12.1 Å². The van der Waals surface area contributed by atoms with Crippen LogP contribution in [0.15, 0.2) is 39.5 Å². The maximum atomic E-state index is 13.0. The van der Waals surface area contributed by atoms with E-state index < -0.39 is 101 Å². The van der Waals surface area contributed by atoms with E-state index in [-0.39, 0.29) is 23.5 Å². The van der Waals surface area contributed by atoms with Gasteiger partial charge in [-0.05, 0) is 18.2 Å². The maximum absolute atomic E-state index is 13.0. The first kappa shape index (κ1) is 29.0. The molecule has 0 amide bonds. The molecule has 222 valence electrons. The van der Waals surface area contributed by atoms with Crippen molar-refractivity contribution in [1.82, 2.24) is 0 Å². The molecule has 3 heterocycles. The largest absolute Gasteiger partial charge is 0.507 e. The van der Waals surface area contributed by atoms with Crippen LogP contribution in [-0.4, -0.2) is 113 Å². The van der Waals surface area contributed by atoms with Gasteiger partial charge in [-0.25, -0.2) is 0 Å². The molecule has 2 fully saturated rings. The molecule has 0 spiro atoms. The summed E-state index contributed by atoms with van der Waals surface area (Å²) in [5.41, 5.74) is -1.38. The predicted molar refractivity (Wildman–Crippen MR) is 134 cm³/mol. The van der Waals surface area contributed by atoms with Gasteiger partial charge in [0.05, 0.1) is 18.8 Å². The van der Waals surface area contributed by atoms with Crippen molar-refractivity contribution in [3.05, 3.63) is 46.1 Å². The molecule has 0 radical (unpaired) electrons. The van der Waals surface area contributed by atoms with Crippen molar-refractivity contribution in [3.63, 3.8) is 0 Å². The van der Waals surface area contributed by atoms with Gasteiger partial charge in [0.25, 0.3) is 0 Å². The molecule has 3 aromatic rings. The van der Waals surface area contributed by atoms with Gasteiger partial charge in [-0.3, -0.25) is 4.79 Å². The molecule has 2 aromatic carbocycles. The van der Waals surface area contributed by atoms with Gasteiger partial charge in [-0.15, -0.1) is 0 Å². The van der Waals surface area contributed by atoms with E-state index in [1.54, 1.807) is 0 Å². The summed E-state index contributed by atoms with van der Waals surface area (Å²) in [5.74, 6) is -2.51. The highest BCUT2D eigenvalue weighted by Crippen LogP contribution is 2.45. The Labute approximate surface area is 229 Å². The lowest BCUT2D eigenvalue weighted by Gasteiger charge is -2.42. The number of benzene rings is 2. The Morgan fingerprint density at radius 3 is 2.24 bits per heavy atom. The lowest BCUT2D eigenvalue weighted by atomic mass is 9.89. The van der Waals surface area contributed by atoms with E-state index in [9.17, 15) is 55.9 Å². The molecule has 41 heavy (non-hydrogen) atoms. The first-order chi connectivity index (χ1) is 19.4. The average Bonchev–Trinajstić information content (AvgIpc) is 2.93. The van der Waals surface area contributed by atoms with Gasteiger partial charge >= 0.3 is 0 Å². The minimum atomic E-state index is -1.91. The average molecular weight is 580 g/mol. The van der Waals surface area contributed by atoms with Crippen LogP contribution in [0.1, 0.15) is 11.7 Å². The molecule has 9 atom stereocenters. The van der Waals surface area contributed by atoms with Gasteiger partial charge in [0.1, 0.15) is 77.1 Å². The number of aliphatic hydroxyl groups excluding tert-OH is 6. The Morgan fingerprint density at radius 2 is 1.54 bits per heavy atom. The van der Waals surface area contributed by atoms with Crippen molar-refractivity contribution in [1.29, 1.82) is 0 Å². The lowest BCUT2D eigenvalue weighted by molar-refractivity contribution is -0.292. The molecule has 1 aromatic heterocycles. The molecule has 0 bridgehead atoms. The third-order valence-electron chi connectivity index (χ3n) is 7.15. The molecule has 9 unspecified atom stereocenters. The highest BCUT2D eigenvalue weighted by molar-refractivity contribution is 5.88. The van der Waals surface area contributed by atoms with Crippen LogP contribution in [-0.2, 0) is 14.2 Å². The molecule has 2 saturated heterocycles. The van der Waals surface area contributed by atoms with Crippen LogP contribution in [0.5, 0.6) is 23.0 Å². The van der Waals surface area contributed by atoms with Crippen LogP contribution in [0.4, 0.5) is 0 Å². The van der Waals surface area contributed by atoms with Gasteiger partial charge in [0.2, 0.25) is 0 Å². The molecule has 15 nitrogen and oxygen atoms in total. The number of hydrogen-bond donors (Lipinski definition) is 10. The van der Waals surface area contributed by atoms with E-state index in [0.717, 1.165) is 18.2 Å². The zero-order valence-electron chi connectivity index (χ0n) is 21.0. The molecule has 10 N–H and O–H groups in total. The number of phenolic OH excluding ortho intramolecular Hbond substituents is 4. The smallest absolute Gasteiger partial charge is 0.197 e. The highest BCUT2D eigenvalue weighted by Gasteiger charge is 2.47. The number of aromatic hydroxyl groups is 4. The van der Waals surface area contributed by atoms with Crippen LogP contribution < -0.4 is 5.43 Å². The van der Waals surface area contributed by atoms with Crippen molar-refractivity contribution in [2.24, 2.45) is 0 Å². The van der Waals surface area contributed by atoms with Gasteiger partial charge in [0, 0.05) is 17.7 Å².